The van der Waals surface area contributed by atoms with E-state index in [0.29, 0.717) is 11.8 Å². The summed E-state index contributed by atoms with van der Waals surface area (Å²) < 4.78 is 0. The molecule has 3 aliphatic rings. The lowest BCUT2D eigenvalue weighted by atomic mass is 9.99. The highest BCUT2D eigenvalue weighted by Crippen LogP contribution is 2.57. The maximum atomic E-state index is 12.2. The lowest BCUT2D eigenvalue weighted by molar-refractivity contribution is -0.124. The van der Waals surface area contributed by atoms with E-state index in [1.807, 2.05) is 0 Å². The molecule has 3 aliphatic carbocycles. The highest BCUT2D eigenvalue weighted by molar-refractivity contribution is 9.09. The quantitative estimate of drug-likeness (QED) is 0.794. The predicted molar refractivity (Wildman–Crippen MR) is 67.5 cm³/mol. The van der Waals surface area contributed by atoms with E-state index >= 15 is 0 Å². The van der Waals surface area contributed by atoms with Crippen molar-refractivity contribution >= 4 is 21.8 Å². The number of fused-ring (bicyclic) bond motifs is 1. The second-order valence-corrected chi connectivity index (χ2v) is 6.46. The van der Waals surface area contributed by atoms with Gasteiger partial charge in [-0.05, 0) is 37.5 Å². The van der Waals surface area contributed by atoms with Crippen molar-refractivity contribution < 1.29 is 4.79 Å². The zero-order chi connectivity index (χ0) is 11.2. The van der Waals surface area contributed by atoms with Crippen molar-refractivity contribution in [3.05, 3.63) is 0 Å². The molecule has 90 valence electrons. The maximum absolute atomic E-state index is 12.2. The normalized spacial score (nSPS) is 39.4. The van der Waals surface area contributed by atoms with Crippen molar-refractivity contribution in [2.75, 3.05) is 5.33 Å². The van der Waals surface area contributed by atoms with Crippen LogP contribution >= 0.6 is 15.9 Å². The molecule has 2 nitrogen and oxygen atoms in total. The van der Waals surface area contributed by atoms with E-state index in [4.69, 9.17) is 0 Å². The Balaban J connectivity index is 1.60. The van der Waals surface area contributed by atoms with E-state index in [1.54, 1.807) is 0 Å². The van der Waals surface area contributed by atoms with E-state index in [-0.39, 0.29) is 5.54 Å². The van der Waals surface area contributed by atoms with E-state index in [9.17, 15) is 4.79 Å². The Bertz CT molecular complexity index is 288. The summed E-state index contributed by atoms with van der Waals surface area (Å²) >= 11 is 3.58. The number of alkyl halides is 1. The standard InChI is InChI=1S/C13H20BrNO/c14-8-13(6-1-2-7-13)15-12(16)11-9-4-3-5-10(9)11/h9-11H,1-8H2,(H,15,16). The first-order chi connectivity index (χ1) is 7.76. The lowest BCUT2D eigenvalue weighted by Crippen LogP contribution is -2.48. The van der Waals surface area contributed by atoms with Crippen LogP contribution in [0.5, 0.6) is 0 Å². The van der Waals surface area contributed by atoms with Crippen LogP contribution in [-0.4, -0.2) is 16.8 Å². The predicted octanol–water partition coefficient (Wildman–Crippen LogP) is 2.86. The molecule has 1 N–H and O–H groups in total. The number of carbonyl (C=O) groups excluding carboxylic acids is 1. The number of nitrogens with one attached hydrogen (secondary N) is 1. The van der Waals surface area contributed by atoms with Crippen LogP contribution in [0.15, 0.2) is 0 Å². The van der Waals surface area contributed by atoms with Gasteiger partial charge in [0.2, 0.25) is 5.91 Å². The number of hydrogen-bond acceptors (Lipinski definition) is 1. The largest absolute Gasteiger partial charge is 0.350 e. The number of carbonyl (C=O) groups is 1. The topological polar surface area (TPSA) is 29.1 Å². The molecule has 3 fully saturated rings. The molecule has 3 heteroatoms. The fraction of sp³-hybridized carbons (Fsp3) is 0.923. The maximum Gasteiger partial charge on any atom is 0.224 e. The van der Waals surface area contributed by atoms with Gasteiger partial charge in [0.15, 0.2) is 0 Å². The van der Waals surface area contributed by atoms with Crippen molar-refractivity contribution in [1.82, 2.24) is 5.32 Å². The lowest BCUT2D eigenvalue weighted by Gasteiger charge is -2.28. The molecule has 0 aromatic heterocycles. The molecule has 1 amide bonds. The minimum Gasteiger partial charge on any atom is -0.350 e. The molecule has 0 saturated heterocycles. The highest BCUT2D eigenvalue weighted by Gasteiger charge is 2.57. The van der Waals surface area contributed by atoms with Gasteiger partial charge < -0.3 is 5.32 Å². The Labute approximate surface area is 106 Å². The Hall–Kier alpha value is -0.0500. The average Bonchev–Trinajstić information content (AvgIpc) is 2.73. The van der Waals surface area contributed by atoms with Crippen molar-refractivity contribution in [1.29, 1.82) is 0 Å². The van der Waals surface area contributed by atoms with Crippen LogP contribution in [0.2, 0.25) is 0 Å². The van der Waals surface area contributed by atoms with Crippen molar-refractivity contribution in [2.45, 2.75) is 50.5 Å². The molecule has 0 heterocycles. The molecule has 2 atom stereocenters. The fourth-order valence-electron chi connectivity index (χ4n) is 3.90. The Morgan fingerprint density at radius 2 is 1.81 bits per heavy atom. The minimum atomic E-state index is 0.0912. The molecule has 16 heavy (non-hydrogen) atoms. The summed E-state index contributed by atoms with van der Waals surface area (Å²) in [6, 6.07) is 0. The molecule has 3 rings (SSSR count). The number of rotatable bonds is 3. The second kappa shape index (κ2) is 4.01. The first kappa shape index (κ1) is 11.1. The Kier molecular flexibility index (Phi) is 2.77. The Morgan fingerprint density at radius 3 is 2.38 bits per heavy atom. The van der Waals surface area contributed by atoms with E-state index in [1.165, 1.54) is 32.1 Å². The van der Waals surface area contributed by atoms with Gasteiger partial charge in [0.1, 0.15) is 0 Å². The molecular weight excluding hydrogens is 266 g/mol. The summed E-state index contributed by atoms with van der Waals surface area (Å²) in [5.41, 5.74) is 0.0912. The van der Waals surface area contributed by atoms with Gasteiger partial charge in [-0.1, -0.05) is 35.2 Å². The van der Waals surface area contributed by atoms with E-state index < -0.39 is 0 Å². The molecule has 0 spiro atoms. The van der Waals surface area contributed by atoms with Crippen LogP contribution in [0, 0.1) is 17.8 Å². The first-order valence-corrected chi connectivity index (χ1v) is 7.76. The average molecular weight is 286 g/mol. The summed E-state index contributed by atoms with van der Waals surface area (Å²) in [6.07, 6.45) is 8.79. The SMILES string of the molecule is O=C(NC1(CBr)CCCC1)C1C2CCCC21. The van der Waals surface area contributed by atoms with Crippen molar-refractivity contribution in [2.24, 2.45) is 17.8 Å². The van der Waals surface area contributed by atoms with Gasteiger partial charge in [-0.3, -0.25) is 4.79 Å². The van der Waals surface area contributed by atoms with Crippen molar-refractivity contribution in [3.8, 4) is 0 Å². The van der Waals surface area contributed by atoms with Gasteiger partial charge in [-0.25, -0.2) is 0 Å². The smallest absolute Gasteiger partial charge is 0.224 e. The molecule has 2 unspecified atom stereocenters. The number of amides is 1. The van der Waals surface area contributed by atoms with E-state index in [0.717, 1.165) is 30.0 Å². The molecule has 3 saturated carbocycles. The van der Waals surface area contributed by atoms with Gasteiger partial charge in [-0.15, -0.1) is 0 Å². The van der Waals surface area contributed by atoms with Gasteiger partial charge >= 0.3 is 0 Å². The van der Waals surface area contributed by atoms with E-state index in [2.05, 4.69) is 21.2 Å². The molecule has 0 bridgehead atoms. The zero-order valence-electron chi connectivity index (χ0n) is 9.68. The number of halogens is 1. The summed E-state index contributed by atoms with van der Waals surface area (Å²) in [4.78, 5) is 12.2. The summed E-state index contributed by atoms with van der Waals surface area (Å²) in [5, 5.41) is 4.27. The minimum absolute atomic E-state index is 0.0912. The summed E-state index contributed by atoms with van der Waals surface area (Å²) in [6.45, 7) is 0. The third-order valence-corrected chi connectivity index (χ3v) is 5.99. The van der Waals surface area contributed by atoms with Crippen LogP contribution in [-0.2, 0) is 4.79 Å². The molecule has 0 aliphatic heterocycles. The third-order valence-electron chi connectivity index (χ3n) is 4.91. The zero-order valence-corrected chi connectivity index (χ0v) is 11.3. The highest BCUT2D eigenvalue weighted by atomic mass is 79.9. The second-order valence-electron chi connectivity index (χ2n) is 5.89. The van der Waals surface area contributed by atoms with Crippen molar-refractivity contribution in [3.63, 3.8) is 0 Å². The first-order valence-electron chi connectivity index (χ1n) is 6.64. The van der Waals surface area contributed by atoms with Gasteiger partial charge in [-0.2, -0.15) is 0 Å². The van der Waals surface area contributed by atoms with Crippen LogP contribution < -0.4 is 5.32 Å². The summed E-state index contributed by atoms with van der Waals surface area (Å²) in [5.74, 6) is 2.23. The van der Waals surface area contributed by atoms with Gasteiger partial charge in [0.05, 0.1) is 0 Å². The third kappa shape index (κ3) is 1.71. The van der Waals surface area contributed by atoms with Gasteiger partial charge in [0, 0.05) is 16.8 Å². The van der Waals surface area contributed by atoms with Crippen LogP contribution in [0.3, 0.4) is 0 Å². The monoisotopic (exact) mass is 285 g/mol. The Morgan fingerprint density at radius 1 is 1.19 bits per heavy atom. The number of hydrogen-bond donors (Lipinski definition) is 1. The molecule has 0 radical (unpaired) electrons. The van der Waals surface area contributed by atoms with Crippen LogP contribution in [0.4, 0.5) is 0 Å². The summed E-state index contributed by atoms with van der Waals surface area (Å²) in [7, 11) is 0. The molecule has 0 aromatic carbocycles. The van der Waals surface area contributed by atoms with Crippen LogP contribution in [0.1, 0.15) is 44.9 Å². The molecular formula is C13H20BrNO. The fourth-order valence-corrected chi connectivity index (χ4v) is 4.60. The van der Waals surface area contributed by atoms with Gasteiger partial charge in [0.25, 0.3) is 0 Å². The van der Waals surface area contributed by atoms with Crippen LogP contribution in [0.25, 0.3) is 0 Å². The molecule has 0 aromatic rings.